The van der Waals surface area contributed by atoms with E-state index in [2.05, 4.69) is 10.0 Å². The first kappa shape index (κ1) is 17.5. The fourth-order valence-corrected chi connectivity index (χ4v) is 2.36. The number of benzene rings is 1. The van der Waals surface area contributed by atoms with Gasteiger partial charge in [-0.2, -0.15) is 0 Å². The maximum Gasteiger partial charge on any atom is 0.407 e. The zero-order valence-electron chi connectivity index (χ0n) is 12.5. The van der Waals surface area contributed by atoms with Gasteiger partial charge in [-0.1, -0.05) is 30.3 Å². The van der Waals surface area contributed by atoms with Gasteiger partial charge in [-0.3, -0.25) is 0 Å². The third-order valence-corrected chi connectivity index (χ3v) is 3.70. The Balaban J connectivity index is 2.32. The second-order valence-electron chi connectivity index (χ2n) is 5.55. The van der Waals surface area contributed by atoms with Gasteiger partial charge in [0, 0.05) is 13.1 Å². The molecule has 0 atom stereocenters. The zero-order chi connectivity index (χ0) is 15.9. The number of amides is 1. The van der Waals surface area contributed by atoms with E-state index in [4.69, 9.17) is 4.74 Å². The topological polar surface area (TPSA) is 84.5 Å². The molecule has 1 aromatic rings. The van der Waals surface area contributed by atoms with E-state index in [1.165, 1.54) is 0 Å². The van der Waals surface area contributed by atoms with Gasteiger partial charge in [-0.15, -0.1) is 0 Å². The molecule has 0 radical (unpaired) electrons. The molecule has 1 amide bonds. The van der Waals surface area contributed by atoms with Crippen molar-refractivity contribution in [1.82, 2.24) is 10.0 Å². The minimum Gasteiger partial charge on any atom is -0.444 e. The van der Waals surface area contributed by atoms with Crippen LogP contribution >= 0.6 is 0 Å². The molecule has 0 spiro atoms. The van der Waals surface area contributed by atoms with Crippen LogP contribution in [0, 0.1) is 0 Å². The Labute approximate surface area is 125 Å². The highest BCUT2D eigenvalue weighted by Gasteiger charge is 2.16. The van der Waals surface area contributed by atoms with Crippen LogP contribution in [0.3, 0.4) is 0 Å². The lowest BCUT2D eigenvalue weighted by atomic mass is 10.2. The SMILES string of the molecule is CC(C)(C)OC(=O)NCCS(=O)(=O)NCc1ccccc1. The van der Waals surface area contributed by atoms with Crippen LogP contribution in [0.1, 0.15) is 26.3 Å². The van der Waals surface area contributed by atoms with Crippen LogP contribution in [-0.4, -0.2) is 32.4 Å². The molecule has 1 aromatic carbocycles. The fraction of sp³-hybridized carbons (Fsp3) is 0.500. The molecule has 0 fully saturated rings. The van der Waals surface area contributed by atoms with E-state index in [9.17, 15) is 13.2 Å². The van der Waals surface area contributed by atoms with Gasteiger partial charge >= 0.3 is 6.09 Å². The van der Waals surface area contributed by atoms with E-state index < -0.39 is 21.7 Å². The van der Waals surface area contributed by atoms with E-state index in [0.717, 1.165) is 5.56 Å². The van der Waals surface area contributed by atoms with Crippen LogP contribution in [-0.2, 0) is 21.3 Å². The largest absolute Gasteiger partial charge is 0.444 e. The predicted molar refractivity (Wildman–Crippen MR) is 81.3 cm³/mol. The number of ether oxygens (including phenoxy) is 1. The maximum atomic E-state index is 11.8. The van der Waals surface area contributed by atoms with Crippen LogP contribution in [0.25, 0.3) is 0 Å². The molecular weight excluding hydrogens is 292 g/mol. The highest BCUT2D eigenvalue weighted by molar-refractivity contribution is 7.89. The van der Waals surface area contributed by atoms with E-state index >= 15 is 0 Å². The Morgan fingerprint density at radius 3 is 2.38 bits per heavy atom. The minimum absolute atomic E-state index is 0.000956. The number of alkyl carbamates (subject to hydrolysis) is 1. The first-order valence-electron chi connectivity index (χ1n) is 6.66. The highest BCUT2D eigenvalue weighted by Crippen LogP contribution is 2.06. The quantitative estimate of drug-likeness (QED) is 0.836. The van der Waals surface area contributed by atoms with Crippen molar-refractivity contribution in [2.45, 2.75) is 32.9 Å². The Morgan fingerprint density at radius 2 is 1.81 bits per heavy atom. The average Bonchev–Trinajstić information content (AvgIpc) is 2.35. The van der Waals surface area contributed by atoms with Gasteiger partial charge in [0.05, 0.1) is 5.75 Å². The maximum absolute atomic E-state index is 11.8. The molecular formula is C14H22N2O4S. The smallest absolute Gasteiger partial charge is 0.407 e. The Hall–Kier alpha value is -1.60. The number of hydrogen-bond acceptors (Lipinski definition) is 4. The predicted octanol–water partition coefficient (Wildman–Crippen LogP) is 1.63. The summed E-state index contributed by atoms with van der Waals surface area (Å²) in [5, 5.41) is 2.41. The molecule has 0 bridgehead atoms. The second-order valence-corrected chi connectivity index (χ2v) is 7.48. The average molecular weight is 314 g/mol. The molecule has 21 heavy (non-hydrogen) atoms. The van der Waals surface area contributed by atoms with Gasteiger partial charge in [0.1, 0.15) is 5.60 Å². The molecule has 0 aliphatic carbocycles. The lowest BCUT2D eigenvalue weighted by Crippen LogP contribution is -2.37. The van der Waals surface area contributed by atoms with Crippen LogP contribution < -0.4 is 10.0 Å². The van der Waals surface area contributed by atoms with E-state index in [0.29, 0.717) is 0 Å². The van der Waals surface area contributed by atoms with Crippen LogP contribution in [0.4, 0.5) is 4.79 Å². The van der Waals surface area contributed by atoms with Crippen LogP contribution in [0.2, 0.25) is 0 Å². The summed E-state index contributed by atoms with van der Waals surface area (Å²) >= 11 is 0. The van der Waals surface area contributed by atoms with Crippen molar-refractivity contribution >= 4 is 16.1 Å². The molecule has 1 rings (SSSR count). The molecule has 0 saturated carbocycles. The molecule has 6 nitrogen and oxygen atoms in total. The van der Waals surface area contributed by atoms with Gasteiger partial charge in [-0.25, -0.2) is 17.9 Å². The van der Waals surface area contributed by atoms with Crippen molar-refractivity contribution in [3.63, 3.8) is 0 Å². The standard InChI is InChI=1S/C14H22N2O4S/c1-14(2,3)20-13(17)15-9-10-21(18,19)16-11-12-7-5-4-6-8-12/h4-8,16H,9-11H2,1-3H3,(H,15,17). The number of nitrogens with one attached hydrogen (secondary N) is 2. The summed E-state index contributed by atoms with van der Waals surface area (Å²) in [6.07, 6.45) is -0.624. The highest BCUT2D eigenvalue weighted by atomic mass is 32.2. The van der Waals surface area contributed by atoms with Crippen LogP contribution in [0.15, 0.2) is 30.3 Å². The summed E-state index contributed by atoms with van der Waals surface area (Å²) in [5.74, 6) is -0.195. The lowest BCUT2D eigenvalue weighted by molar-refractivity contribution is 0.0531. The van der Waals surface area contributed by atoms with Gasteiger partial charge in [-0.05, 0) is 26.3 Å². The summed E-state index contributed by atoms with van der Waals surface area (Å²) in [7, 11) is -3.44. The molecule has 0 aromatic heterocycles. The van der Waals surface area contributed by atoms with Crippen molar-refractivity contribution in [3.05, 3.63) is 35.9 Å². The summed E-state index contributed by atoms with van der Waals surface area (Å²) in [6, 6.07) is 9.22. The number of rotatable bonds is 6. The Kier molecular flexibility index (Phi) is 6.17. The first-order valence-corrected chi connectivity index (χ1v) is 8.31. The Morgan fingerprint density at radius 1 is 1.19 bits per heavy atom. The lowest BCUT2D eigenvalue weighted by Gasteiger charge is -2.19. The van der Waals surface area contributed by atoms with Crippen molar-refractivity contribution in [2.24, 2.45) is 0 Å². The van der Waals surface area contributed by atoms with Crippen molar-refractivity contribution in [1.29, 1.82) is 0 Å². The number of carbonyl (C=O) groups is 1. The first-order chi connectivity index (χ1) is 9.68. The van der Waals surface area contributed by atoms with Crippen molar-refractivity contribution < 1.29 is 17.9 Å². The molecule has 0 aliphatic rings. The molecule has 0 aliphatic heterocycles. The van der Waals surface area contributed by atoms with Gasteiger partial charge in [0.2, 0.25) is 10.0 Å². The second kappa shape index (κ2) is 7.42. The van der Waals surface area contributed by atoms with Crippen molar-refractivity contribution in [2.75, 3.05) is 12.3 Å². The Bertz CT molecular complexity index is 550. The van der Waals surface area contributed by atoms with E-state index in [-0.39, 0.29) is 18.8 Å². The number of carbonyl (C=O) groups excluding carboxylic acids is 1. The van der Waals surface area contributed by atoms with E-state index in [1.54, 1.807) is 20.8 Å². The summed E-state index contributed by atoms with van der Waals surface area (Å²) < 4.78 is 31.0. The normalized spacial score (nSPS) is 12.0. The number of hydrogen-bond donors (Lipinski definition) is 2. The van der Waals surface area contributed by atoms with Crippen molar-refractivity contribution in [3.8, 4) is 0 Å². The molecule has 0 saturated heterocycles. The van der Waals surface area contributed by atoms with Gasteiger partial charge in [0.15, 0.2) is 0 Å². The molecule has 0 unspecified atom stereocenters. The molecule has 2 N–H and O–H groups in total. The van der Waals surface area contributed by atoms with Gasteiger partial charge in [0.25, 0.3) is 0 Å². The van der Waals surface area contributed by atoms with E-state index in [1.807, 2.05) is 30.3 Å². The third-order valence-electron chi connectivity index (χ3n) is 2.38. The zero-order valence-corrected chi connectivity index (χ0v) is 13.4. The number of sulfonamides is 1. The van der Waals surface area contributed by atoms with Gasteiger partial charge < -0.3 is 10.1 Å². The third kappa shape index (κ3) is 8.31. The monoisotopic (exact) mass is 314 g/mol. The summed E-state index contributed by atoms with van der Waals surface area (Å²) in [4.78, 5) is 11.4. The molecule has 118 valence electrons. The molecule has 0 heterocycles. The minimum atomic E-state index is -3.44. The van der Waals surface area contributed by atoms with Crippen LogP contribution in [0.5, 0.6) is 0 Å². The fourth-order valence-electron chi connectivity index (χ4n) is 1.46. The summed E-state index contributed by atoms with van der Waals surface area (Å²) in [5.41, 5.74) is 0.273. The molecule has 7 heteroatoms. The summed E-state index contributed by atoms with van der Waals surface area (Å²) in [6.45, 7) is 5.45.